The van der Waals surface area contributed by atoms with Crippen molar-refractivity contribution >= 4 is 40.4 Å². The van der Waals surface area contributed by atoms with Crippen molar-refractivity contribution in [3.8, 4) is 16.2 Å². The number of carbonyl (C=O) groups is 3. The van der Waals surface area contributed by atoms with E-state index in [1.807, 2.05) is 17.5 Å². The Labute approximate surface area is 180 Å². The average Bonchev–Trinajstić information content (AvgIpc) is 3.23. The van der Waals surface area contributed by atoms with Crippen LogP contribution >= 0.6 is 23.1 Å². The largest absolute Gasteiger partial charge is 0.474 e. The van der Waals surface area contributed by atoms with Crippen LogP contribution in [-0.4, -0.2) is 65.6 Å². The predicted octanol–water partition coefficient (Wildman–Crippen LogP) is 1.22. The number of Topliss-reactive ketones (excluding diaryl/α,β-unsaturated/α-hetero) is 3. The fraction of sp³-hybridized carbons (Fsp3) is 0.400. The number of pyridine rings is 1. The van der Waals surface area contributed by atoms with Gasteiger partial charge in [-0.2, -0.15) is 0 Å². The molecule has 0 radical (unpaired) electrons. The molecule has 0 aromatic carbocycles. The number of thioether (sulfide) groups is 1. The number of carbonyl (C=O) groups excluding carboxylic acids is 3. The molecule has 1 aliphatic heterocycles. The number of ketones is 3. The molecule has 3 N–H and O–H groups in total. The SMILES string of the molecule is CC(=O)[C@]1(O)[C@@](O)(C(C)=O)CS[C@H](Oc2cncc(-c3cccs3)c2)[C@@]1(O)C(C)=O. The molecule has 0 amide bonds. The first kappa shape index (κ1) is 22.6. The molecular weight excluding hydrogens is 430 g/mol. The third kappa shape index (κ3) is 3.19. The van der Waals surface area contributed by atoms with Gasteiger partial charge in [-0.1, -0.05) is 6.07 Å². The Bertz CT molecular complexity index is 995. The molecule has 0 unspecified atom stereocenters. The highest BCUT2D eigenvalue weighted by Gasteiger charge is 2.75. The second-order valence-corrected chi connectivity index (χ2v) is 9.15. The lowest BCUT2D eigenvalue weighted by molar-refractivity contribution is -0.236. The molecule has 2 aromatic rings. The van der Waals surface area contributed by atoms with Crippen molar-refractivity contribution in [3.63, 3.8) is 0 Å². The van der Waals surface area contributed by atoms with Gasteiger partial charge in [0.15, 0.2) is 34.0 Å². The zero-order chi connectivity index (χ0) is 22.3. The van der Waals surface area contributed by atoms with Crippen LogP contribution in [0.3, 0.4) is 0 Å². The molecule has 30 heavy (non-hydrogen) atoms. The summed E-state index contributed by atoms with van der Waals surface area (Å²) in [5.41, 5.74) is -9.39. The van der Waals surface area contributed by atoms with Crippen LogP contribution < -0.4 is 4.74 Å². The van der Waals surface area contributed by atoms with Crippen LogP contribution in [0, 0.1) is 0 Å². The molecule has 160 valence electrons. The summed E-state index contributed by atoms with van der Waals surface area (Å²) in [5.74, 6) is -3.39. The van der Waals surface area contributed by atoms with Gasteiger partial charge in [-0.25, -0.2) is 0 Å². The topological polar surface area (TPSA) is 134 Å². The minimum atomic E-state index is -3.09. The third-order valence-electron chi connectivity index (χ3n) is 5.33. The Morgan fingerprint density at radius 3 is 2.33 bits per heavy atom. The zero-order valence-electron chi connectivity index (χ0n) is 16.5. The van der Waals surface area contributed by atoms with E-state index in [9.17, 15) is 29.7 Å². The molecule has 3 rings (SSSR count). The van der Waals surface area contributed by atoms with Crippen LogP contribution in [0.2, 0.25) is 0 Å². The van der Waals surface area contributed by atoms with Crippen LogP contribution in [0.25, 0.3) is 10.4 Å². The minimum absolute atomic E-state index is 0.178. The summed E-state index contributed by atoms with van der Waals surface area (Å²) in [6.07, 6.45) is 2.97. The summed E-state index contributed by atoms with van der Waals surface area (Å²) >= 11 is 2.23. The van der Waals surface area contributed by atoms with Crippen LogP contribution in [0.15, 0.2) is 36.0 Å². The van der Waals surface area contributed by atoms with Crippen molar-refractivity contribution in [2.75, 3.05) is 5.75 Å². The van der Waals surface area contributed by atoms with E-state index in [0.29, 0.717) is 0 Å². The molecule has 0 saturated carbocycles. The third-order valence-corrected chi connectivity index (χ3v) is 7.57. The smallest absolute Gasteiger partial charge is 0.208 e. The van der Waals surface area contributed by atoms with Crippen molar-refractivity contribution in [2.45, 2.75) is 43.0 Å². The number of nitrogens with zero attached hydrogens (tertiary/aromatic N) is 1. The number of thiophene rings is 1. The Morgan fingerprint density at radius 2 is 1.80 bits per heavy atom. The Morgan fingerprint density at radius 1 is 1.10 bits per heavy atom. The van der Waals surface area contributed by atoms with Gasteiger partial charge in [0.25, 0.3) is 0 Å². The van der Waals surface area contributed by atoms with Crippen LogP contribution in [-0.2, 0) is 14.4 Å². The van der Waals surface area contributed by atoms with E-state index < -0.39 is 45.3 Å². The number of hydrogen-bond donors (Lipinski definition) is 3. The van der Waals surface area contributed by atoms with Gasteiger partial charge in [0.1, 0.15) is 5.75 Å². The maximum Gasteiger partial charge on any atom is 0.208 e. The van der Waals surface area contributed by atoms with E-state index in [4.69, 9.17) is 4.74 Å². The molecule has 1 aliphatic rings. The minimum Gasteiger partial charge on any atom is -0.474 e. The molecule has 8 nitrogen and oxygen atoms in total. The summed E-state index contributed by atoms with van der Waals surface area (Å²) in [6, 6.07) is 5.39. The van der Waals surface area contributed by atoms with E-state index in [0.717, 1.165) is 43.0 Å². The monoisotopic (exact) mass is 451 g/mol. The number of aliphatic hydroxyl groups is 3. The standard InChI is InChI=1S/C20H21NO7S2/c1-11(22)18(25)10-30-17(19(26,12(2)23)20(18,27)13(3)24)28-15-7-14(8-21-9-15)16-5-4-6-29-16/h4-9,17,25-27H,10H2,1-3H3/t17-,18-,19-,20-/m0/s1. The van der Waals surface area contributed by atoms with Crippen molar-refractivity contribution in [2.24, 2.45) is 0 Å². The first-order valence-corrected chi connectivity index (χ1v) is 10.9. The molecule has 3 heterocycles. The molecule has 0 bridgehead atoms. The highest BCUT2D eigenvalue weighted by molar-refractivity contribution is 8.00. The van der Waals surface area contributed by atoms with Crippen LogP contribution in [0.5, 0.6) is 5.75 Å². The van der Waals surface area contributed by atoms with Crippen molar-refractivity contribution in [1.82, 2.24) is 4.98 Å². The molecule has 2 aromatic heterocycles. The van der Waals surface area contributed by atoms with Gasteiger partial charge < -0.3 is 20.1 Å². The Balaban J connectivity index is 2.06. The Hall–Kier alpha value is -2.11. The highest BCUT2D eigenvalue weighted by Crippen LogP contribution is 2.49. The zero-order valence-corrected chi connectivity index (χ0v) is 18.1. The average molecular weight is 452 g/mol. The van der Waals surface area contributed by atoms with Gasteiger partial charge in [-0.3, -0.25) is 19.4 Å². The predicted molar refractivity (Wildman–Crippen MR) is 111 cm³/mol. The maximum atomic E-state index is 12.5. The molecule has 4 atom stereocenters. The molecular formula is C20H21NO7S2. The lowest BCUT2D eigenvalue weighted by Gasteiger charge is -2.54. The van der Waals surface area contributed by atoms with Crippen LogP contribution in [0.1, 0.15) is 20.8 Å². The van der Waals surface area contributed by atoms with Gasteiger partial charge in [0, 0.05) is 22.4 Å². The summed E-state index contributed by atoms with van der Waals surface area (Å²) < 4.78 is 5.79. The fourth-order valence-corrected chi connectivity index (χ4v) is 5.82. The Kier molecular flexibility index (Phi) is 5.91. The second kappa shape index (κ2) is 7.86. The maximum absolute atomic E-state index is 12.5. The van der Waals surface area contributed by atoms with Crippen molar-refractivity contribution in [3.05, 3.63) is 36.0 Å². The van der Waals surface area contributed by atoms with Gasteiger partial charge in [-0.05, 0) is 38.3 Å². The van der Waals surface area contributed by atoms with Crippen LogP contribution in [0.4, 0.5) is 0 Å². The second-order valence-electron chi connectivity index (χ2n) is 7.15. The van der Waals surface area contributed by atoms with Crippen molar-refractivity contribution in [1.29, 1.82) is 0 Å². The summed E-state index contributed by atoms with van der Waals surface area (Å²) in [4.78, 5) is 42.1. The normalized spacial score (nSPS) is 31.2. The van der Waals surface area contributed by atoms with E-state index >= 15 is 0 Å². The van der Waals surface area contributed by atoms with E-state index in [1.165, 1.54) is 17.5 Å². The molecule has 1 fully saturated rings. The molecule has 1 saturated heterocycles. The van der Waals surface area contributed by atoms with E-state index in [-0.39, 0.29) is 5.75 Å². The summed E-state index contributed by atoms with van der Waals surface area (Å²) in [5, 5.41) is 35.2. The van der Waals surface area contributed by atoms with Gasteiger partial charge in [-0.15, -0.1) is 23.1 Å². The summed E-state index contributed by atoms with van der Waals surface area (Å²) in [7, 11) is 0. The lowest BCUT2D eigenvalue weighted by Crippen LogP contribution is -2.82. The van der Waals surface area contributed by atoms with Gasteiger partial charge in [0.2, 0.25) is 5.60 Å². The highest BCUT2D eigenvalue weighted by atomic mass is 32.2. The first-order chi connectivity index (χ1) is 14.0. The van der Waals surface area contributed by atoms with E-state index in [2.05, 4.69) is 4.98 Å². The molecule has 10 heteroatoms. The van der Waals surface area contributed by atoms with Gasteiger partial charge in [0.05, 0.1) is 6.20 Å². The fourth-order valence-electron chi connectivity index (χ4n) is 3.55. The number of hydrogen-bond acceptors (Lipinski definition) is 10. The summed E-state index contributed by atoms with van der Waals surface area (Å²) in [6.45, 7) is 2.83. The lowest BCUT2D eigenvalue weighted by atomic mass is 9.65. The van der Waals surface area contributed by atoms with Crippen molar-refractivity contribution < 1.29 is 34.4 Å². The molecule has 0 aliphatic carbocycles. The number of rotatable bonds is 6. The first-order valence-electron chi connectivity index (χ1n) is 8.96. The number of aromatic nitrogens is 1. The van der Waals surface area contributed by atoms with E-state index in [1.54, 1.807) is 12.3 Å². The number of ether oxygens (including phenoxy) is 1. The molecule has 0 spiro atoms. The van der Waals surface area contributed by atoms with Gasteiger partial charge >= 0.3 is 0 Å². The quantitative estimate of drug-likeness (QED) is 0.593.